The van der Waals surface area contributed by atoms with E-state index in [1.807, 2.05) is 0 Å². The number of amides is 1. The summed E-state index contributed by atoms with van der Waals surface area (Å²) < 4.78 is 54.3. The zero-order valence-electron chi connectivity index (χ0n) is 12.8. The lowest BCUT2D eigenvalue weighted by Crippen LogP contribution is -2.21. The Balaban J connectivity index is 2.04. The van der Waals surface area contributed by atoms with Crippen molar-refractivity contribution in [2.75, 3.05) is 5.32 Å². The first kappa shape index (κ1) is 17.9. The second-order valence-electron chi connectivity index (χ2n) is 5.10. The van der Waals surface area contributed by atoms with Crippen molar-refractivity contribution >= 4 is 23.2 Å². The molecule has 0 radical (unpaired) electrons. The van der Waals surface area contributed by atoms with Gasteiger partial charge >= 0.3 is 6.18 Å². The summed E-state index contributed by atoms with van der Waals surface area (Å²) in [7, 11) is 0. The molecule has 3 aromatic rings. The third-order valence-corrected chi connectivity index (χ3v) is 3.49. The standard InChI is InChI=1S/C16H9ClF4N4O/c17-12-5-2-6-13(24-12)25-14(16(19,20)21)11(8-22-25)15(26)23-10-4-1-3-9(18)7-10/h1-8H,(H,23,26). The van der Waals surface area contributed by atoms with Crippen LogP contribution in [0.4, 0.5) is 23.2 Å². The molecule has 134 valence electrons. The molecule has 0 unspecified atom stereocenters. The second kappa shape index (κ2) is 6.75. The number of nitrogens with one attached hydrogen (secondary N) is 1. The highest BCUT2D eigenvalue weighted by atomic mass is 35.5. The number of benzene rings is 1. The Morgan fingerprint density at radius 1 is 1.15 bits per heavy atom. The number of rotatable bonds is 3. The molecular formula is C16H9ClF4N4O. The highest BCUT2D eigenvalue weighted by Crippen LogP contribution is 2.33. The largest absolute Gasteiger partial charge is 0.434 e. The Morgan fingerprint density at radius 3 is 2.54 bits per heavy atom. The van der Waals surface area contributed by atoms with Gasteiger partial charge in [0.1, 0.15) is 11.0 Å². The van der Waals surface area contributed by atoms with Crippen LogP contribution in [-0.4, -0.2) is 20.7 Å². The van der Waals surface area contributed by atoms with Crippen molar-refractivity contribution in [2.45, 2.75) is 6.18 Å². The second-order valence-corrected chi connectivity index (χ2v) is 5.49. The molecule has 0 atom stereocenters. The van der Waals surface area contributed by atoms with Gasteiger partial charge in [0.25, 0.3) is 5.91 Å². The predicted octanol–water partition coefficient (Wildman–Crippen LogP) is 4.33. The molecule has 2 heterocycles. The van der Waals surface area contributed by atoms with Gasteiger partial charge in [0, 0.05) is 5.69 Å². The van der Waals surface area contributed by atoms with Crippen LogP contribution in [0.15, 0.2) is 48.7 Å². The Kier molecular flexibility index (Phi) is 4.64. The summed E-state index contributed by atoms with van der Waals surface area (Å²) >= 11 is 5.70. The molecule has 5 nitrogen and oxygen atoms in total. The number of hydrogen-bond acceptors (Lipinski definition) is 3. The quantitative estimate of drug-likeness (QED) is 0.540. The molecule has 0 spiro atoms. The summed E-state index contributed by atoms with van der Waals surface area (Å²) in [5.41, 5.74) is -2.04. The molecule has 2 aromatic heterocycles. The van der Waals surface area contributed by atoms with Crippen molar-refractivity contribution in [3.05, 3.63) is 70.9 Å². The van der Waals surface area contributed by atoms with Crippen molar-refractivity contribution in [2.24, 2.45) is 0 Å². The number of alkyl halides is 3. The number of halogens is 5. The lowest BCUT2D eigenvalue weighted by atomic mass is 10.2. The minimum atomic E-state index is -4.89. The molecule has 0 bridgehead atoms. The molecule has 1 aromatic carbocycles. The topological polar surface area (TPSA) is 59.8 Å². The Labute approximate surface area is 149 Å². The number of hydrogen-bond donors (Lipinski definition) is 1. The lowest BCUT2D eigenvalue weighted by molar-refractivity contribution is -0.143. The first-order valence-electron chi connectivity index (χ1n) is 7.11. The van der Waals surface area contributed by atoms with Crippen molar-refractivity contribution in [3.63, 3.8) is 0 Å². The van der Waals surface area contributed by atoms with E-state index >= 15 is 0 Å². The van der Waals surface area contributed by atoms with Gasteiger partial charge in [0.15, 0.2) is 11.5 Å². The number of aromatic nitrogens is 3. The van der Waals surface area contributed by atoms with E-state index in [4.69, 9.17) is 11.6 Å². The maximum Gasteiger partial charge on any atom is 0.434 e. The summed E-state index contributed by atoms with van der Waals surface area (Å²) in [6, 6.07) is 8.83. The fraction of sp³-hybridized carbons (Fsp3) is 0.0625. The number of carbonyl (C=O) groups excluding carboxylic acids is 1. The molecule has 1 N–H and O–H groups in total. The molecule has 26 heavy (non-hydrogen) atoms. The minimum Gasteiger partial charge on any atom is -0.322 e. The molecule has 3 rings (SSSR count). The Bertz CT molecular complexity index is 971. The average molecular weight is 385 g/mol. The van der Waals surface area contributed by atoms with Gasteiger partial charge in [-0.1, -0.05) is 23.7 Å². The van der Waals surface area contributed by atoms with Gasteiger partial charge in [-0.2, -0.15) is 18.3 Å². The van der Waals surface area contributed by atoms with Crippen LogP contribution in [0, 0.1) is 5.82 Å². The predicted molar refractivity (Wildman–Crippen MR) is 85.7 cm³/mol. The van der Waals surface area contributed by atoms with E-state index in [2.05, 4.69) is 15.4 Å². The van der Waals surface area contributed by atoms with E-state index in [9.17, 15) is 22.4 Å². The summed E-state index contributed by atoms with van der Waals surface area (Å²) in [6.07, 6.45) is -4.13. The van der Waals surface area contributed by atoms with Crippen LogP contribution in [0.2, 0.25) is 5.15 Å². The number of pyridine rings is 1. The fourth-order valence-corrected chi connectivity index (χ4v) is 2.40. The van der Waals surface area contributed by atoms with Gasteiger partial charge in [-0.25, -0.2) is 14.1 Å². The summed E-state index contributed by atoms with van der Waals surface area (Å²) in [6.45, 7) is 0. The van der Waals surface area contributed by atoms with Gasteiger partial charge in [-0.3, -0.25) is 4.79 Å². The molecule has 0 saturated carbocycles. The van der Waals surface area contributed by atoms with E-state index in [1.54, 1.807) is 0 Å². The summed E-state index contributed by atoms with van der Waals surface area (Å²) in [4.78, 5) is 16.0. The Morgan fingerprint density at radius 2 is 1.88 bits per heavy atom. The van der Waals surface area contributed by atoms with E-state index < -0.39 is 29.2 Å². The molecule has 1 amide bonds. The number of anilines is 1. The fourth-order valence-electron chi connectivity index (χ4n) is 2.24. The van der Waals surface area contributed by atoms with E-state index in [1.165, 1.54) is 30.3 Å². The lowest BCUT2D eigenvalue weighted by Gasteiger charge is -2.12. The smallest absolute Gasteiger partial charge is 0.322 e. The van der Waals surface area contributed by atoms with Crippen LogP contribution in [0.25, 0.3) is 5.82 Å². The maximum atomic E-state index is 13.5. The molecular weight excluding hydrogens is 376 g/mol. The third kappa shape index (κ3) is 3.67. The molecule has 0 saturated heterocycles. The van der Waals surface area contributed by atoms with Gasteiger partial charge in [0.05, 0.1) is 11.8 Å². The minimum absolute atomic E-state index is 0.0109. The Hall–Kier alpha value is -2.94. The van der Waals surface area contributed by atoms with Crippen LogP contribution in [-0.2, 0) is 6.18 Å². The van der Waals surface area contributed by atoms with Crippen LogP contribution in [0.5, 0.6) is 0 Å². The van der Waals surface area contributed by atoms with Gasteiger partial charge in [-0.05, 0) is 30.3 Å². The van der Waals surface area contributed by atoms with Gasteiger partial charge in [0.2, 0.25) is 0 Å². The zero-order valence-corrected chi connectivity index (χ0v) is 13.5. The van der Waals surface area contributed by atoms with E-state index in [0.29, 0.717) is 4.68 Å². The summed E-state index contributed by atoms with van der Waals surface area (Å²) in [5, 5.41) is 5.79. The first-order valence-corrected chi connectivity index (χ1v) is 7.48. The molecule has 0 fully saturated rings. The van der Waals surface area contributed by atoms with E-state index in [-0.39, 0.29) is 16.7 Å². The molecule has 0 aliphatic rings. The first-order chi connectivity index (χ1) is 12.3. The van der Waals surface area contributed by atoms with Crippen molar-refractivity contribution in [1.29, 1.82) is 0 Å². The number of nitrogens with zero attached hydrogens (tertiary/aromatic N) is 3. The highest BCUT2D eigenvalue weighted by molar-refractivity contribution is 6.29. The van der Waals surface area contributed by atoms with Crippen LogP contribution >= 0.6 is 11.6 Å². The average Bonchev–Trinajstić information content (AvgIpc) is 3.00. The van der Waals surface area contributed by atoms with Gasteiger partial charge in [-0.15, -0.1) is 0 Å². The van der Waals surface area contributed by atoms with Crippen molar-refractivity contribution < 1.29 is 22.4 Å². The number of carbonyl (C=O) groups is 1. The van der Waals surface area contributed by atoms with Gasteiger partial charge < -0.3 is 5.32 Å². The van der Waals surface area contributed by atoms with E-state index in [0.717, 1.165) is 18.3 Å². The molecule has 10 heteroatoms. The SMILES string of the molecule is O=C(Nc1cccc(F)c1)c1cnn(-c2cccc(Cl)n2)c1C(F)(F)F. The zero-order chi connectivity index (χ0) is 18.9. The highest BCUT2D eigenvalue weighted by Gasteiger charge is 2.41. The maximum absolute atomic E-state index is 13.5. The molecule has 0 aliphatic heterocycles. The molecule has 0 aliphatic carbocycles. The monoisotopic (exact) mass is 384 g/mol. The normalized spacial score (nSPS) is 11.4. The van der Waals surface area contributed by atoms with Crippen LogP contribution in [0.1, 0.15) is 16.1 Å². The van der Waals surface area contributed by atoms with Crippen molar-refractivity contribution in [1.82, 2.24) is 14.8 Å². The summed E-state index contributed by atoms with van der Waals surface area (Å²) in [5.74, 6) is -1.93. The van der Waals surface area contributed by atoms with Crippen LogP contribution in [0.3, 0.4) is 0 Å². The van der Waals surface area contributed by atoms with Crippen LogP contribution < -0.4 is 5.32 Å². The third-order valence-electron chi connectivity index (χ3n) is 3.28. The van der Waals surface area contributed by atoms with Crippen molar-refractivity contribution in [3.8, 4) is 5.82 Å².